The molecule has 0 saturated carbocycles. The Bertz CT molecular complexity index is 740. The second-order valence-electron chi connectivity index (χ2n) is 4.19. The number of hydrogen-bond acceptors (Lipinski definition) is 3. The van der Waals surface area contributed by atoms with Crippen molar-refractivity contribution in [3.63, 3.8) is 0 Å². The van der Waals surface area contributed by atoms with E-state index < -0.39 is 11.8 Å². The van der Waals surface area contributed by atoms with Crippen LogP contribution in [0.1, 0.15) is 21.5 Å². The lowest BCUT2D eigenvalue weighted by molar-refractivity contribution is 0.0691. The fraction of sp³-hybridized carbons (Fsp3) is 0.0667. The zero-order valence-corrected chi connectivity index (χ0v) is 12.2. The van der Waals surface area contributed by atoms with E-state index in [0.717, 1.165) is 6.07 Å². The summed E-state index contributed by atoms with van der Waals surface area (Å²) in [5.41, 5.74) is 0.638. The molecule has 0 radical (unpaired) electrons. The first-order valence-electron chi connectivity index (χ1n) is 5.85. The molecule has 2 aromatic rings. The van der Waals surface area contributed by atoms with Crippen molar-refractivity contribution in [3.05, 3.63) is 63.4 Å². The third-order valence-corrected chi connectivity index (χ3v) is 3.15. The number of nitriles is 1. The minimum atomic E-state index is -1.12. The van der Waals surface area contributed by atoms with Gasteiger partial charge in [-0.05, 0) is 42.0 Å². The van der Waals surface area contributed by atoms with E-state index in [1.807, 2.05) is 6.07 Å². The third-order valence-electron chi connectivity index (χ3n) is 2.66. The SMILES string of the molecule is N#Cc1cc(F)cc(COc2cc(Br)ccc2C(=O)O)c1. The first-order valence-corrected chi connectivity index (χ1v) is 6.64. The molecule has 0 heterocycles. The molecule has 106 valence electrons. The minimum Gasteiger partial charge on any atom is -0.488 e. The quantitative estimate of drug-likeness (QED) is 0.912. The van der Waals surface area contributed by atoms with E-state index in [2.05, 4.69) is 15.9 Å². The van der Waals surface area contributed by atoms with Crippen molar-refractivity contribution in [1.82, 2.24) is 0 Å². The average Bonchev–Trinajstić information content (AvgIpc) is 2.44. The Morgan fingerprint density at radius 3 is 2.76 bits per heavy atom. The molecule has 0 aromatic heterocycles. The van der Waals surface area contributed by atoms with Crippen molar-refractivity contribution in [2.75, 3.05) is 0 Å². The molecular formula is C15H9BrFNO3. The number of carboxylic acid groups (broad SMARTS) is 1. The predicted octanol–water partition coefficient (Wildman–Crippen LogP) is 3.74. The van der Waals surface area contributed by atoms with Crippen LogP contribution < -0.4 is 4.74 Å². The first kappa shape index (κ1) is 15.0. The van der Waals surface area contributed by atoms with Crippen LogP contribution >= 0.6 is 15.9 Å². The number of halogens is 2. The van der Waals surface area contributed by atoms with Crippen LogP contribution in [0.3, 0.4) is 0 Å². The molecule has 2 rings (SSSR count). The summed E-state index contributed by atoms with van der Waals surface area (Å²) >= 11 is 3.23. The third kappa shape index (κ3) is 3.80. The fourth-order valence-corrected chi connectivity index (χ4v) is 2.09. The molecule has 0 amide bonds. The van der Waals surface area contributed by atoms with E-state index >= 15 is 0 Å². The lowest BCUT2D eigenvalue weighted by Gasteiger charge is -2.10. The molecule has 0 aliphatic rings. The lowest BCUT2D eigenvalue weighted by Crippen LogP contribution is -2.04. The summed E-state index contributed by atoms with van der Waals surface area (Å²) in [6, 6.07) is 10.2. The highest BCUT2D eigenvalue weighted by molar-refractivity contribution is 9.10. The van der Waals surface area contributed by atoms with Gasteiger partial charge >= 0.3 is 5.97 Å². The van der Waals surface area contributed by atoms with Crippen LogP contribution in [0, 0.1) is 17.1 Å². The number of ether oxygens (including phenoxy) is 1. The van der Waals surface area contributed by atoms with Crippen LogP contribution in [0.5, 0.6) is 5.75 Å². The topological polar surface area (TPSA) is 70.3 Å². The maximum atomic E-state index is 13.3. The van der Waals surface area contributed by atoms with E-state index in [4.69, 9.17) is 15.1 Å². The summed E-state index contributed by atoms with van der Waals surface area (Å²) in [4.78, 5) is 11.1. The zero-order valence-electron chi connectivity index (χ0n) is 10.6. The van der Waals surface area contributed by atoms with Crippen molar-refractivity contribution in [2.45, 2.75) is 6.61 Å². The van der Waals surface area contributed by atoms with Gasteiger partial charge in [0.1, 0.15) is 23.7 Å². The average molecular weight is 350 g/mol. The van der Waals surface area contributed by atoms with Gasteiger partial charge in [0.2, 0.25) is 0 Å². The van der Waals surface area contributed by atoms with Crippen molar-refractivity contribution >= 4 is 21.9 Å². The van der Waals surface area contributed by atoms with Crippen molar-refractivity contribution in [3.8, 4) is 11.8 Å². The van der Waals surface area contributed by atoms with Crippen LogP contribution in [-0.4, -0.2) is 11.1 Å². The van der Waals surface area contributed by atoms with Crippen molar-refractivity contribution in [2.24, 2.45) is 0 Å². The normalized spacial score (nSPS) is 9.95. The van der Waals surface area contributed by atoms with Gasteiger partial charge in [-0.15, -0.1) is 0 Å². The van der Waals surface area contributed by atoms with Gasteiger partial charge in [-0.1, -0.05) is 15.9 Å². The van der Waals surface area contributed by atoms with Crippen molar-refractivity contribution < 1.29 is 19.0 Å². The smallest absolute Gasteiger partial charge is 0.339 e. The van der Waals surface area contributed by atoms with Gasteiger partial charge < -0.3 is 9.84 Å². The van der Waals surface area contributed by atoms with Gasteiger partial charge in [-0.2, -0.15) is 5.26 Å². The molecule has 0 aliphatic carbocycles. The summed E-state index contributed by atoms with van der Waals surface area (Å²) in [5, 5.41) is 17.9. The van der Waals surface area contributed by atoms with Gasteiger partial charge in [-0.3, -0.25) is 0 Å². The van der Waals surface area contributed by atoms with Crippen LogP contribution in [0.25, 0.3) is 0 Å². The number of benzene rings is 2. The highest BCUT2D eigenvalue weighted by atomic mass is 79.9. The Balaban J connectivity index is 2.24. The van der Waals surface area contributed by atoms with Gasteiger partial charge in [0.25, 0.3) is 0 Å². The van der Waals surface area contributed by atoms with E-state index in [1.54, 1.807) is 6.07 Å². The Morgan fingerprint density at radius 1 is 1.33 bits per heavy atom. The molecule has 0 unspecified atom stereocenters. The summed E-state index contributed by atoms with van der Waals surface area (Å²) in [6.07, 6.45) is 0. The largest absolute Gasteiger partial charge is 0.488 e. The van der Waals surface area contributed by atoms with Crippen molar-refractivity contribution in [1.29, 1.82) is 5.26 Å². The Morgan fingerprint density at radius 2 is 2.10 bits per heavy atom. The molecule has 2 aromatic carbocycles. The Labute approximate surface area is 128 Å². The van der Waals surface area contributed by atoms with E-state index in [0.29, 0.717) is 10.0 Å². The number of carbonyl (C=O) groups is 1. The van der Waals surface area contributed by atoms with Crippen LogP contribution in [0.2, 0.25) is 0 Å². The number of aromatic carboxylic acids is 1. The van der Waals surface area contributed by atoms with E-state index in [1.165, 1.54) is 24.3 Å². The Hall–Kier alpha value is -2.39. The lowest BCUT2D eigenvalue weighted by atomic mass is 10.1. The van der Waals surface area contributed by atoms with Gasteiger partial charge in [0, 0.05) is 4.47 Å². The summed E-state index contributed by atoms with van der Waals surface area (Å²) in [6.45, 7) is -0.0385. The number of nitrogens with zero attached hydrogens (tertiary/aromatic N) is 1. The molecule has 0 bridgehead atoms. The van der Waals surface area contributed by atoms with E-state index in [9.17, 15) is 9.18 Å². The van der Waals surface area contributed by atoms with Crippen LogP contribution in [-0.2, 0) is 6.61 Å². The molecule has 6 heteroatoms. The molecular weight excluding hydrogens is 341 g/mol. The first-order chi connectivity index (χ1) is 9.99. The minimum absolute atomic E-state index is 0.00936. The number of hydrogen-bond donors (Lipinski definition) is 1. The molecule has 0 aliphatic heterocycles. The second kappa shape index (κ2) is 6.37. The molecule has 21 heavy (non-hydrogen) atoms. The molecule has 1 N–H and O–H groups in total. The molecule has 0 spiro atoms. The maximum absolute atomic E-state index is 13.3. The van der Waals surface area contributed by atoms with Gasteiger partial charge in [0.05, 0.1) is 11.6 Å². The molecule has 0 atom stereocenters. The Kier molecular flexibility index (Phi) is 4.55. The second-order valence-corrected chi connectivity index (χ2v) is 5.11. The predicted molar refractivity (Wildman–Crippen MR) is 76.5 cm³/mol. The number of rotatable bonds is 4. The standard InChI is InChI=1S/C15H9BrFNO3/c16-11-1-2-13(15(19)20)14(6-11)21-8-10-3-9(7-18)4-12(17)5-10/h1-6H,8H2,(H,19,20). The molecule has 4 nitrogen and oxygen atoms in total. The summed E-state index contributed by atoms with van der Waals surface area (Å²) in [7, 11) is 0. The van der Waals surface area contributed by atoms with Crippen LogP contribution in [0.4, 0.5) is 4.39 Å². The highest BCUT2D eigenvalue weighted by Crippen LogP contribution is 2.25. The monoisotopic (exact) mass is 349 g/mol. The van der Waals surface area contributed by atoms with Gasteiger partial charge in [0.15, 0.2) is 0 Å². The molecule has 0 saturated heterocycles. The zero-order chi connectivity index (χ0) is 15.4. The van der Waals surface area contributed by atoms with E-state index in [-0.39, 0.29) is 23.5 Å². The number of carboxylic acids is 1. The summed E-state index contributed by atoms with van der Waals surface area (Å²) < 4.78 is 19.4. The fourth-order valence-electron chi connectivity index (χ4n) is 1.75. The summed E-state index contributed by atoms with van der Waals surface area (Å²) in [5.74, 6) is -1.49. The highest BCUT2D eigenvalue weighted by Gasteiger charge is 2.12. The maximum Gasteiger partial charge on any atom is 0.339 e. The van der Waals surface area contributed by atoms with Crippen LogP contribution in [0.15, 0.2) is 40.9 Å². The van der Waals surface area contributed by atoms with Gasteiger partial charge in [-0.25, -0.2) is 9.18 Å². The molecule has 0 fully saturated rings.